The Morgan fingerprint density at radius 2 is 1.82 bits per heavy atom. The molecule has 0 aliphatic carbocycles. The maximum Gasteiger partial charge on any atom is 0.416 e. The van der Waals surface area contributed by atoms with Crippen LogP contribution in [-0.4, -0.2) is 24.7 Å². The van der Waals surface area contributed by atoms with Crippen LogP contribution in [0, 0.1) is 0 Å². The van der Waals surface area contributed by atoms with E-state index in [1.54, 1.807) is 11.9 Å². The quantitative estimate of drug-likeness (QED) is 0.889. The summed E-state index contributed by atoms with van der Waals surface area (Å²) in [6, 6.07) is 4.61. The largest absolute Gasteiger partial charge is 0.481 e. The first-order chi connectivity index (χ1) is 7.80. The lowest BCUT2D eigenvalue weighted by Crippen LogP contribution is -2.21. The van der Waals surface area contributed by atoms with Crippen LogP contribution < -0.4 is 4.90 Å². The summed E-state index contributed by atoms with van der Waals surface area (Å²) < 4.78 is 36.8. The van der Waals surface area contributed by atoms with Crippen molar-refractivity contribution in [3.8, 4) is 0 Å². The number of benzene rings is 1. The molecule has 0 spiro atoms. The summed E-state index contributed by atoms with van der Waals surface area (Å²) in [5.74, 6) is -0.941. The molecule has 0 saturated heterocycles. The number of hydrogen-bond acceptors (Lipinski definition) is 2. The summed E-state index contributed by atoms with van der Waals surface area (Å²) in [6.07, 6.45) is -4.41. The SMILES string of the molecule is CN(CCC(=O)O)c1ccc(C(F)(F)F)cc1. The second-order valence-electron chi connectivity index (χ2n) is 3.61. The Labute approximate surface area is 96.5 Å². The Hall–Kier alpha value is -1.72. The van der Waals surface area contributed by atoms with E-state index in [0.29, 0.717) is 5.69 Å². The van der Waals surface area contributed by atoms with Crippen LogP contribution in [0.1, 0.15) is 12.0 Å². The van der Waals surface area contributed by atoms with E-state index in [0.717, 1.165) is 12.1 Å². The molecule has 0 aliphatic rings. The third kappa shape index (κ3) is 3.97. The number of carboxylic acids is 1. The molecule has 1 aromatic rings. The predicted molar refractivity (Wildman–Crippen MR) is 57.0 cm³/mol. The first-order valence-electron chi connectivity index (χ1n) is 4.91. The van der Waals surface area contributed by atoms with Crippen molar-refractivity contribution in [2.24, 2.45) is 0 Å². The summed E-state index contributed by atoms with van der Waals surface area (Å²) in [4.78, 5) is 11.9. The van der Waals surface area contributed by atoms with Crippen LogP contribution in [-0.2, 0) is 11.0 Å². The lowest BCUT2D eigenvalue weighted by Gasteiger charge is -2.18. The van der Waals surface area contributed by atoms with Gasteiger partial charge < -0.3 is 10.0 Å². The Morgan fingerprint density at radius 1 is 1.29 bits per heavy atom. The molecule has 0 bridgehead atoms. The Bertz CT molecular complexity index is 387. The zero-order chi connectivity index (χ0) is 13.1. The molecule has 0 saturated carbocycles. The maximum absolute atomic E-state index is 12.3. The molecule has 1 aromatic carbocycles. The summed E-state index contributed by atoms with van der Waals surface area (Å²) in [7, 11) is 1.63. The van der Waals surface area contributed by atoms with Gasteiger partial charge in [-0.3, -0.25) is 4.79 Å². The van der Waals surface area contributed by atoms with Gasteiger partial charge in [0.1, 0.15) is 0 Å². The van der Waals surface area contributed by atoms with Gasteiger partial charge in [-0.05, 0) is 24.3 Å². The average Bonchev–Trinajstić information content (AvgIpc) is 2.25. The molecule has 6 heteroatoms. The Kier molecular flexibility index (Phi) is 3.98. The van der Waals surface area contributed by atoms with E-state index in [9.17, 15) is 18.0 Å². The van der Waals surface area contributed by atoms with Crippen LogP contribution in [0.4, 0.5) is 18.9 Å². The topological polar surface area (TPSA) is 40.5 Å². The highest BCUT2D eigenvalue weighted by molar-refractivity contribution is 5.67. The minimum absolute atomic E-state index is 0.0580. The summed E-state index contributed by atoms with van der Waals surface area (Å²) in [6.45, 7) is 0.251. The highest BCUT2D eigenvalue weighted by atomic mass is 19.4. The van der Waals surface area contributed by atoms with Crippen molar-refractivity contribution in [2.75, 3.05) is 18.5 Å². The zero-order valence-corrected chi connectivity index (χ0v) is 9.16. The fourth-order valence-electron chi connectivity index (χ4n) is 1.30. The zero-order valence-electron chi connectivity index (χ0n) is 9.16. The Balaban J connectivity index is 2.70. The highest BCUT2D eigenvalue weighted by Crippen LogP contribution is 2.30. The van der Waals surface area contributed by atoms with Crippen LogP contribution in [0.15, 0.2) is 24.3 Å². The molecule has 0 amide bonds. The van der Waals surface area contributed by atoms with Gasteiger partial charge in [0.25, 0.3) is 0 Å². The number of halogens is 3. The minimum atomic E-state index is -4.35. The Morgan fingerprint density at radius 3 is 2.24 bits per heavy atom. The first-order valence-corrected chi connectivity index (χ1v) is 4.91. The number of aliphatic carboxylic acids is 1. The standard InChI is InChI=1S/C11H12F3NO2/c1-15(7-6-10(16)17)9-4-2-8(3-5-9)11(12,13)14/h2-5H,6-7H2,1H3,(H,16,17). The fourth-order valence-corrected chi connectivity index (χ4v) is 1.30. The maximum atomic E-state index is 12.3. The van der Waals surface area contributed by atoms with Crippen LogP contribution >= 0.6 is 0 Å². The van der Waals surface area contributed by atoms with Crippen LogP contribution in [0.5, 0.6) is 0 Å². The molecule has 0 radical (unpaired) electrons. The number of carboxylic acid groups (broad SMARTS) is 1. The van der Waals surface area contributed by atoms with E-state index in [1.807, 2.05) is 0 Å². The van der Waals surface area contributed by atoms with Crippen LogP contribution in [0.2, 0.25) is 0 Å². The summed E-state index contributed by atoms with van der Waals surface area (Å²) >= 11 is 0. The minimum Gasteiger partial charge on any atom is -0.481 e. The van der Waals surface area contributed by atoms with Gasteiger partial charge >= 0.3 is 12.1 Å². The van der Waals surface area contributed by atoms with Gasteiger partial charge in [0, 0.05) is 19.3 Å². The molecule has 0 heterocycles. The molecular weight excluding hydrogens is 235 g/mol. The van der Waals surface area contributed by atoms with Crippen molar-refractivity contribution in [3.63, 3.8) is 0 Å². The van der Waals surface area contributed by atoms with E-state index in [4.69, 9.17) is 5.11 Å². The molecular formula is C11H12F3NO2. The molecule has 0 unspecified atom stereocenters. The molecule has 17 heavy (non-hydrogen) atoms. The second kappa shape index (κ2) is 5.07. The van der Waals surface area contributed by atoms with Crippen molar-refractivity contribution in [1.29, 1.82) is 0 Å². The number of carbonyl (C=O) groups is 1. The third-order valence-electron chi connectivity index (χ3n) is 2.30. The lowest BCUT2D eigenvalue weighted by molar-refractivity contribution is -0.138. The van der Waals surface area contributed by atoms with Gasteiger partial charge in [0.2, 0.25) is 0 Å². The van der Waals surface area contributed by atoms with Gasteiger partial charge in [0.05, 0.1) is 12.0 Å². The molecule has 3 nitrogen and oxygen atoms in total. The van der Waals surface area contributed by atoms with Crippen molar-refractivity contribution < 1.29 is 23.1 Å². The van der Waals surface area contributed by atoms with Crippen LogP contribution in [0.25, 0.3) is 0 Å². The monoisotopic (exact) mass is 247 g/mol. The fraction of sp³-hybridized carbons (Fsp3) is 0.364. The first kappa shape index (κ1) is 13.3. The number of alkyl halides is 3. The van der Waals surface area contributed by atoms with Gasteiger partial charge in [-0.15, -0.1) is 0 Å². The van der Waals surface area contributed by atoms with Gasteiger partial charge in [-0.25, -0.2) is 0 Å². The van der Waals surface area contributed by atoms with E-state index in [2.05, 4.69) is 0 Å². The van der Waals surface area contributed by atoms with Crippen molar-refractivity contribution in [1.82, 2.24) is 0 Å². The molecule has 0 aliphatic heterocycles. The lowest BCUT2D eigenvalue weighted by atomic mass is 10.2. The molecule has 0 atom stereocenters. The molecule has 1 N–H and O–H groups in total. The van der Waals surface area contributed by atoms with Crippen molar-refractivity contribution in [3.05, 3.63) is 29.8 Å². The van der Waals surface area contributed by atoms with Crippen LogP contribution in [0.3, 0.4) is 0 Å². The van der Waals surface area contributed by atoms with Crippen molar-refractivity contribution in [2.45, 2.75) is 12.6 Å². The average molecular weight is 247 g/mol. The van der Waals surface area contributed by atoms with Gasteiger partial charge in [-0.1, -0.05) is 0 Å². The molecule has 94 valence electrons. The number of nitrogens with zero attached hydrogens (tertiary/aromatic N) is 1. The summed E-state index contributed by atoms with van der Waals surface area (Å²) in [5, 5.41) is 8.48. The number of hydrogen-bond donors (Lipinski definition) is 1. The van der Waals surface area contributed by atoms with Crippen molar-refractivity contribution >= 4 is 11.7 Å². The van der Waals surface area contributed by atoms with E-state index in [1.165, 1.54) is 12.1 Å². The van der Waals surface area contributed by atoms with Gasteiger partial charge in [-0.2, -0.15) is 13.2 Å². The van der Waals surface area contributed by atoms with E-state index < -0.39 is 17.7 Å². The summed E-state index contributed by atoms with van der Waals surface area (Å²) in [5.41, 5.74) is -0.160. The number of rotatable bonds is 4. The molecule has 1 rings (SSSR count). The third-order valence-corrected chi connectivity index (χ3v) is 2.30. The number of anilines is 1. The van der Waals surface area contributed by atoms with Gasteiger partial charge in [0.15, 0.2) is 0 Å². The highest BCUT2D eigenvalue weighted by Gasteiger charge is 2.30. The van der Waals surface area contributed by atoms with E-state index >= 15 is 0 Å². The normalized spacial score (nSPS) is 11.3. The predicted octanol–water partition coefficient (Wildman–Crippen LogP) is 2.62. The van der Waals surface area contributed by atoms with E-state index in [-0.39, 0.29) is 13.0 Å². The second-order valence-corrected chi connectivity index (χ2v) is 3.61. The molecule has 0 aromatic heterocycles. The smallest absolute Gasteiger partial charge is 0.416 e. The molecule has 0 fully saturated rings.